The van der Waals surface area contributed by atoms with Crippen LogP contribution < -0.4 is 10.5 Å². The van der Waals surface area contributed by atoms with Gasteiger partial charge in [0.2, 0.25) is 0 Å². The topological polar surface area (TPSA) is 35.2 Å². The highest BCUT2D eigenvalue weighted by Crippen LogP contribution is 2.29. The summed E-state index contributed by atoms with van der Waals surface area (Å²) in [5.74, 6) is 0.746. The summed E-state index contributed by atoms with van der Waals surface area (Å²) in [7, 11) is 1.64. The third-order valence-electron chi connectivity index (χ3n) is 3.54. The molecule has 20 heavy (non-hydrogen) atoms. The van der Waals surface area contributed by atoms with Gasteiger partial charge in [0.25, 0.3) is 0 Å². The number of rotatable bonds is 4. The second kappa shape index (κ2) is 6.29. The zero-order valence-corrected chi connectivity index (χ0v) is 12.9. The number of ether oxygens (including phenoxy) is 1. The van der Waals surface area contributed by atoms with Gasteiger partial charge in [-0.1, -0.05) is 41.4 Å². The van der Waals surface area contributed by atoms with Crippen LogP contribution in [0.4, 0.5) is 0 Å². The molecule has 3 heteroatoms. The van der Waals surface area contributed by atoms with Crippen LogP contribution in [0, 0.1) is 13.8 Å². The Morgan fingerprint density at radius 3 is 2.60 bits per heavy atom. The van der Waals surface area contributed by atoms with E-state index >= 15 is 0 Å². The molecular formula is C17H20ClNO. The van der Waals surface area contributed by atoms with Gasteiger partial charge in [-0.05, 0) is 43.5 Å². The quantitative estimate of drug-likeness (QED) is 0.915. The molecule has 0 aliphatic carbocycles. The van der Waals surface area contributed by atoms with Gasteiger partial charge in [0.15, 0.2) is 0 Å². The normalized spacial score (nSPS) is 12.2. The summed E-state index contributed by atoms with van der Waals surface area (Å²) in [5.41, 5.74) is 11.1. The van der Waals surface area contributed by atoms with Gasteiger partial charge in [-0.3, -0.25) is 0 Å². The van der Waals surface area contributed by atoms with Gasteiger partial charge in [-0.15, -0.1) is 0 Å². The summed E-state index contributed by atoms with van der Waals surface area (Å²) in [6, 6.07) is 11.9. The Balaban J connectivity index is 2.28. The molecule has 1 atom stereocenters. The van der Waals surface area contributed by atoms with Crippen LogP contribution in [0.3, 0.4) is 0 Å². The maximum Gasteiger partial charge on any atom is 0.125 e. The number of halogens is 1. The molecule has 106 valence electrons. The van der Waals surface area contributed by atoms with Crippen molar-refractivity contribution in [3.63, 3.8) is 0 Å². The molecule has 2 aromatic rings. The molecular weight excluding hydrogens is 270 g/mol. The molecule has 0 heterocycles. The average Bonchev–Trinajstić information content (AvgIpc) is 2.42. The Morgan fingerprint density at radius 1 is 1.15 bits per heavy atom. The lowest BCUT2D eigenvalue weighted by molar-refractivity contribution is 0.405. The molecule has 0 saturated carbocycles. The fourth-order valence-corrected chi connectivity index (χ4v) is 2.52. The highest BCUT2D eigenvalue weighted by molar-refractivity contribution is 6.30. The number of methoxy groups -OCH3 is 1. The fraction of sp³-hybridized carbons (Fsp3) is 0.294. The summed E-state index contributed by atoms with van der Waals surface area (Å²) < 4.78 is 5.37. The zero-order chi connectivity index (χ0) is 14.7. The monoisotopic (exact) mass is 289 g/mol. The van der Waals surface area contributed by atoms with Crippen LogP contribution >= 0.6 is 11.6 Å². The van der Waals surface area contributed by atoms with Crippen molar-refractivity contribution in [2.75, 3.05) is 7.11 Å². The van der Waals surface area contributed by atoms with E-state index in [2.05, 4.69) is 32.0 Å². The van der Waals surface area contributed by atoms with E-state index in [0.717, 1.165) is 17.7 Å². The smallest absolute Gasteiger partial charge is 0.125 e. The van der Waals surface area contributed by atoms with Crippen molar-refractivity contribution in [3.05, 3.63) is 63.7 Å². The van der Waals surface area contributed by atoms with Gasteiger partial charge in [0, 0.05) is 16.6 Å². The van der Waals surface area contributed by atoms with E-state index < -0.39 is 0 Å². The van der Waals surface area contributed by atoms with Crippen molar-refractivity contribution in [2.45, 2.75) is 26.3 Å². The summed E-state index contributed by atoms with van der Waals surface area (Å²) in [4.78, 5) is 0. The molecule has 1 unspecified atom stereocenters. The number of hydrogen-bond donors (Lipinski definition) is 1. The van der Waals surface area contributed by atoms with Gasteiger partial charge in [-0.25, -0.2) is 0 Å². The molecule has 2 aromatic carbocycles. The van der Waals surface area contributed by atoms with E-state index in [1.807, 2.05) is 12.1 Å². The third-order valence-corrected chi connectivity index (χ3v) is 3.77. The van der Waals surface area contributed by atoms with Crippen molar-refractivity contribution in [2.24, 2.45) is 5.73 Å². The van der Waals surface area contributed by atoms with Gasteiger partial charge in [-0.2, -0.15) is 0 Å². The molecule has 2 rings (SSSR count). The second-order valence-electron chi connectivity index (χ2n) is 5.13. The molecule has 0 fully saturated rings. The predicted molar refractivity (Wildman–Crippen MR) is 84.6 cm³/mol. The van der Waals surface area contributed by atoms with Crippen LogP contribution in [0.1, 0.15) is 28.3 Å². The van der Waals surface area contributed by atoms with Crippen molar-refractivity contribution >= 4 is 11.6 Å². The molecule has 0 bridgehead atoms. The van der Waals surface area contributed by atoms with E-state index in [0.29, 0.717) is 5.02 Å². The number of benzene rings is 2. The molecule has 0 aliphatic heterocycles. The van der Waals surface area contributed by atoms with Crippen LogP contribution in [-0.2, 0) is 6.42 Å². The van der Waals surface area contributed by atoms with Crippen LogP contribution in [0.5, 0.6) is 5.75 Å². The minimum Gasteiger partial charge on any atom is -0.496 e. The largest absolute Gasteiger partial charge is 0.496 e. The first kappa shape index (κ1) is 14.9. The standard InChI is InChI=1S/C17H20ClNO/c1-11-4-5-12(2)13(8-11)9-16(19)15-7-6-14(18)10-17(15)20-3/h4-8,10,16H,9,19H2,1-3H3. The molecule has 0 saturated heterocycles. The lowest BCUT2D eigenvalue weighted by Gasteiger charge is -2.17. The Morgan fingerprint density at radius 2 is 1.90 bits per heavy atom. The highest BCUT2D eigenvalue weighted by Gasteiger charge is 2.14. The van der Waals surface area contributed by atoms with E-state index in [1.54, 1.807) is 13.2 Å². The van der Waals surface area contributed by atoms with E-state index in [-0.39, 0.29) is 6.04 Å². The Hall–Kier alpha value is -1.51. The first-order valence-corrected chi connectivity index (χ1v) is 7.04. The second-order valence-corrected chi connectivity index (χ2v) is 5.56. The third kappa shape index (κ3) is 3.33. The molecule has 0 aliphatic rings. The number of aryl methyl sites for hydroxylation is 2. The van der Waals surface area contributed by atoms with E-state index in [4.69, 9.17) is 22.1 Å². The van der Waals surface area contributed by atoms with Crippen LogP contribution in [0.2, 0.25) is 5.02 Å². The maximum atomic E-state index is 6.35. The average molecular weight is 290 g/mol. The van der Waals surface area contributed by atoms with Crippen molar-refractivity contribution in [1.29, 1.82) is 0 Å². The summed E-state index contributed by atoms with van der Waals surface area (Å²) in [6.07, 6.45) is 0.783. The summed E-state index contributed by atoms with van der Waals surface area (Å²) in [5, 5.41) is 0.657. The Bertz CT molecular complexity index is 610. The molecule has 2 nitrogen and oxygen atoms in total. The molecule has 0 aromatic heterocycles. The summed E-state index contributed by atoms with van der Waals surface area (Å²) in [6.45, 7) is 4.21. The van der Waals surface area contributed by atoms with Gasteiger partial charge in [0.1, 0.15) is 5.75 Å². The SMILES string of the molecule is COc1cc(Cl)ccc1C(N)Cc1cc(C)ccc1C. The maximum absolute atomic E-state index is 6.35. The van der Waals surface area contributed by atoms with E-state index in [9.17, 15) is 0 Å². The number of nitrogens with two attached hydrogens (primary N) is 1. The van der Waals surface area contributed by atoms with E-state index in [1.165, 1.54) is 16.7 Å². The van der Waals surface area contributed by atoms with Crippen LogP contribution in [-0.4, -0.2) is 7.11 Å². The minimum atomic E-state index is -0.109. The fourth-order valence-electron chi connectivity index (χ4n) is 2.36. The van der Waals surface area contributed by atoms with Crippen molar-refractivity contribution < 1.29 is 4.74 Å². The Kier molecular flexibility index (Phi) is 4.69. The molecule has 0 amide bonds. The van der Waals surface area contributed by atoms with Crippen LogP contribution in [0.25, 0.3) is 0 Å². The molecule has 2 N–H and O–H groups in total. The predicted octanol–water partition coefficient (Wildman–Crippen LogP) is 4.21. The van der Waals surface area contributed by atoms with Gasteiger partial charge < -0.3 is 10.5 Å². The Labute approximate surface area is 125 Å². The number of hydrogen-bond acceptors (Lipinski definition) is 2. The molecule has 0 radical (unpaired) electrons. The first-order valence-electron chi connectivity index (χ1n) is 6.66. The van der Waals surface area contributed by atoms with Crippen LogP contribution in [0.15, 0.2) is 36.4 Å². The summed E-state index contributed by atoms with van der Waals surface area (Å²) >= 11 is 5.99. The zero-order valence-electron chi connectivity index (χ0n) is 12.1. The van der Waals surface area contributed by atoms with Crippen molar-refractivity contribution in [1.82, 2.24) is 0 Å². The minimum absolute atomic E-state index is 0.109. The lowest BCUT2D eigenvalue weighted by atomic mass is 9.95. The highest BCUT2D eigenvalue weighted by atomic mass is 35.5. The lowest BCUT2D eigenvalue weighted by Crippen LogP contribution is -2.15. The van der Waals surface area contributed by atoms with Gasteiger partial charge in [0.05, 0.1) is 7.11 Å². The molecule has 0 spiro atoms. The van der Waals surface area contributed by atoms with Gasteiger partial charge >= 0.3 is 0 Å². The first-order chi connectivity index (χ1) is 9.51. The van der Waals surface area contributed by atoms with Crippen molar-refractivity contribution in [3.8, 4) is 5.75 Å².